The lowest BCUT2D eigenvalue weighted by molar-refractivity contribution is -0.144. The van der Waals surface area contributed by atoms with Gasteiger partial charge in [-0.15, -0.1) is 0 Å². The number of hydrogen-bond donors (Lipinski definition) is 2. The number of amides is 1. The first-order valence-corrected chi connectivity index (χ1v) is 9.77. The monoisotopic (exact) mass is 375 g/mol. The van der Waals surface area contributed by atoms with Crippen molar-refractivity contribution in [2.75, 3.05) is 26.9 Å². The summed E-state index contributed by atoms with van der Waals surface area (Å²) in [5, 5.41) is 12.4. The summed E-state index contributed by atoms with van der Waals surface area (Å²) < 4.78 is 10.8. The Labute approximate surface area is 160 Å². The fourth-order valence-corrected chi connectivity index (χ4v) is 4.33. The first kappa shape index (κ1) is 19.7. The van der Waals surface area contributed by atoms with Gasteiger partial charge < -0.3 is 19.9 Å². The molecule has 148 valence electrons. The fourth-order valence-electron chi connectivity index (χ4n) is 4.33. The van der Waals surface area contributed by atoms with Gasteiger partial charge in [0.25, 0.3) is 0 Å². The Morgan fingerprint density at radius 2 is 1.85 bits per heavy atom. The Balaban J connectivity index is 1.67. The molecule has 0 aromatic heterocycles. The number of rotatable bonds is 6. The zero-order valence-electron chi connectivity index (χ0n) is 15.9. The number of methoxy groups -OCH3 is 1. The number of hydrogen-bond acceptors (Lipinski definition) is 4. The number of carboxylic acid groups (broad SMARTS) is 1. The fraction of sp³-hybridized carbons (Fsp3) is 0.619. The molecule has 1 aromatic carbocycles. The molecule has 6 nitrogen and oxygen atoms in total. The van der Waals surface area contributed by atoms with Gasteiger partial charge in [0, 0.05) is 31.1 Å². The molecule has 0 radical (unpaired) electrons. The van der Waals surface area contributed by atoms with Crippen LogP contribution in [0.4, 0.5) is 0 Å². The zero-order valence-corrected chi connectivity index (χ0v) is 15.9. The Hall–Kier alpha value is -2.08. The second-order valence-electron chi connectivity index (χ2n) is 7.74. The molecule has 3 rings (SSSR count). The molecule has 27 heavy (non-hydrogen) atoms. The average molecular weight is 375 g/mol. The third-order valence-electron chi connectivity index (χ3n) is 6.15. The average Bonchev–Trinajstić information content (AvgIpc) is 2.73. The van der Waals surface area contributed by atoms with Gasteiger partial charge in [-0.3, -0.25) is 9.59 Å². The van der Waals surface area contributed by atoms with Crippen LogP contribution in [0.3, 0.4) is 0 Å². The molecule has 0 bridgehead atoms. The predicted molar refractivity (Wildman–Crippen MR) is 101 cm³/mol. The summed E-state index contributed by atoms with van der Waals surface area (Å²) in [4.78, 5) is 24.0. The Morgan fingerprint density at radius 3 is 2.48 bits per heavy atom. The van der Waals surface area contributed by atoms with E-state index in [1.54, 1.807) is 7.11 Å². The molecule has 1 saturated carbocycles. The molecule has 1 aliphatic carbocycles. The highest BCUT2D eigenvalue weighted by Gasteiger charge is 2.36. The second-order valence-corrected chi connectivity index (χ2v) is 7.74. The maximum absolute atomic E-state index is 12.7. The van der Waals surface area contributed by atoms with Gasteiger partial charge in [-0.1, -0.05) is 18.6 Å². The third-order valence-corrected chi connectivity index (χ3v) is 6.15. The molecule has 1 heterocycles. The smallest absolute Gasteiger partial charge is 0.306 e. The van der Waals surface area contributed by atoms with Crippen LogP contribution in [0.5, 0.6) is 5.75 Å². The van der Waals surface area contributed by atoms with E-state index < -0.39 is 11.9 Å². The minimum atomic E-state index is -0.786. The second kappa shape index (κ2) is 8.74. The van der Waals surface area contributed by atoms with Gasteiger partial charge in [-0.25, -0.2) is 0 Å². The quantitative estimate of drug-likeness (QED) is 0.799. The van der Waals surface area contributed by atoms with E-state index in [-0.39, 0.29) is 17.2 Å². The number of carbonyl (C=O) groups excluding carboxylic acids is 1. The first-order valence-electron chi connectivity index (χ1n) is 9.77. The number of carbonyl (C=O) groups is 2. The molecule has 0 spiro atoms. The van der Waals surface area contributed by atoms with Crippen molar-refractivity contribution < 1.29 is 24.2 Å². The largest absolute Gasteiger partial charge is 0.497 e. The molecular formula is C21H29NO5. The lowest BCUT2D eigenvalue weighted by Crippen LogP contribution is -2.46. The minimum absolute atomic E-state index is 0.0136. The molecule has 1 saturated heterocycles. The Morgan fingerprint density at radius 1 is 1.19 bits per heavy atom. The van der Waals surface area contributed by atoms with Crippen molar-refractivity contribution in [1.82, 2.24) is 5.32 Å². The molecule has 2 N–H and O–H groups in total. The van der Waals surface area contributed by atoms with E-state index in [1.807, 2.05) is 12.1 Å². The summed E-state index contributed by atoms with van der Waals surface area (Å²) in [7, 11) is 1.65. The van der Waals surface area contributed by atoms with Crippen molar-refractivity contribution in [2.24, 2.45) is 11.8 Å². The van der Waals surface area contributed by atoms with Crippen molar-refractivity contribution in [2.45, 2.75) is 43.9 Å². The Kier molecular flexibility index (Phi) is 6.37. The van der Waals surface area contributed by atoms with E-state index in [0.29, 0.717) is 32.6 Å². The Bertz CT molecular complexity index is 651. The number of ether oxygens (including phenoxy) is 2. The van der Waals surface area contributed by atoms with E-state index in [0.717, 1.165) is 31.4 Å². The van der Waals surface area contributed by atoms with Crippen LogP contribution in [0.15, 0.2) is 24.3 Å². The number of nitrogens with one attached hydrogen (secondary N) is 1. The molecule has 2 atom stereocenters. The SMILES string of the molecule is COc1ccc(C2(CNC(=O)C3CCCC(C(=O)O)C3)CCOCC2)cc1. The van der Waals surface area contributed by atoms with E-state index in [2.05, 4.69) is 17.4 Å². The van der Waals surface area contributed by atoms with Gasteiger partial charge in [0.2, 0.25) is 5.91 Å². The molecular weight excluding hydrogens is 346 g/mol. The highest BCUT2D eigenvalue weighted by molar-refractivity contribution is 5.80. The normalized spacial score (nSPS) is 24.8. The minimum Gasteiger partial charge on any atom is -0.497 e. The zero-order chi connectivity index (χ0) is 19.3. The van der Waals surface area contributed by atoms with Crippen LogP contribution in [0.25, 0.3) is 0 Å². The van der Waals surface area contributed by atoms with Crippen molar-refractivity contribution in [3.63, 3.8) is 0 Å². The molecule has 2 unspecified atom stereocenters. The van der Waals surface area contributed by atoms with Gasteiger partial charge >= 0.3 is 5.97 Å². The summed E-state index contributed by atoms with van der Waals surface area (Å²) >= 11 is 0. The molecule has 1 amide bonds. The first-order chi connectivity index (χ1) is 13.0. The number of benzene rings is 1. The maximum atomic E-state index is 12.7. The van der Waals surface area contributed by atoms with Crippen LogP contribution in [0, 0.1) is 11.8 Å². The molecule has 2 aliphatic rings. The topological polar surface area (TPSA) is 84.9 Å². The summed E-state index contributed by atoms with van der Waals surface area (Å²) in [6.45, 7) is 1.90. The predicted octanol–water partition coefficient (Wildman–Crippen LogP) is 2.75. The molecule has 2 fully saturated rings. The number of aliphatic carboxylic acids is 1. The highest BCUT2D eigenvalue weighted by Crippen LogP contribution is 2.36. The van der Waals surface area contributed by atoms with E-state index in [4.69, 9.17) is 9.47 Å². The van der Waals surface area contributed by atoms with Gasteiger partial charge in [0.1, 0.15) is 5.75 Å². The lowest BCUT2D eigenvalue weighted by Gasteiger charge is -2.38. The molecule has 1 aromatic rings. The van der Waals surface area contributed by atoms with E-state index >= 15 is 0 Å². The van der Waals surface area contributed by atoms with Gasteiger partial charge in [0.15, 0.2) is 0 Å². The number of carboxylic acids is 1. The summed E-state index contributed by atoms with van der Waals surface area (Å²) in [6, 6.07) is 8.04. The van der Waals surface area contributed by atoms with Crippen LogP contribution in [0.1, 0.15) is 44.1 Å². The van der Waals surface area contributed by atoms with Crippen molar-refractivity contribution >= 4 is 11.9 Å². The van der Waals surface area contributed by atoms with Crippen LogP contribution in [0.2, 0.25) is 0 Å². The lowest BCUT2D eigenvalue weighted by atomic mass is 9.73. The van der Waals surface area contributed by atoms with E-state index in [9.17, 15) is 14.7 Å². The molecule has 1 aliphatic heterocycles. The highest BCUT2D eigenvalue weighted by atomic mass is 16.5. The van der Waals surface area contributed by atoms with Crippen molar-refractivity contribution in [1.29, 1.82) is 0 Å². The van der Waals surface area contributed by atoms with Gasteiger partial charge in [0.05, 0.1) is 13.0 Å². The van der Waals surface area contributed by atoms with Gasteiger partial charge in [-0.2, -0.15) is 0 Å². The molecule has 6 heteroatoms. The van der Waals surface area contributed by atoms with Crippen molar-refractivity contribution in [3.8, 4) is 5.75 Å². The van der Waals surface area contributed by atoms with Crippen LogP contribution < -0.4 is 10.1 Å². The van der Waals surface area contributed by atoms with Crippen molar-refractivity contribution in [3.05, 3.63) is 29.8 Å². The van der Waals surface area contributed by atoms with Crippen LogP contribution in [-0.2, 0) is 19.7 Å². The van der Waals surface area contributed by atoms with Crippen LogP contribution >= 0.6 is 0 Å². The maximum Gasteiger partial charge on any atom is 0.306 e. The van der Waals surface area contributed by atoms with Crippen LogP contribution in [-0.4, -0.2) is 43.9 Å². The summed E-state index contributed by atoms with van der Waals surface area (Å²) in [5.74, 6) is -0.584. The summed E-state index contributed by atoms with van der Waals surface area (Å²) in [5.41, 5.74) is 1.03. The third kappa shape index (κ3) is 4.61. The van der Waals surface area contributed by atoms with E-state index in [1.165, 1.54) is 5.56 Å². The van der Waals surface area contributed by atoms with Gasteiger partial charge in [-0.05, 0) is 49.8 Å². The standard InChI is InChI=1S/C21H29NO5/c1-26-18-7-5-17(6-8-18)21(9-11-27-12-10-21)14-22-19(23)15-3-2-4-16(13-15)20(24)25/h5-8,15-16H,2-4,9-14H2,1H3,(H,22,23)(H,24,25). The summed E-state index contributed by atoms with van der Waals surface area (Å²) in [6.07, 6.45) is 4.39.